The summed E-state index contributed by atoms with van der Waals surface area (Å²) in [5.41, 5.74) is 2.72. The molecule has 1 aliphatic rings. The van der Waals surface area contributed by atoms with E-state index in [2.05, 4.69) is 31.5 Å². The summed E-state index contributed by atoms with van der Waals surface area (Å²) in [7, 11) is 0. The van der Waals surface area contributed by atoms with Crippen LogP contribution in [0.25, 0.3) is 10.9 Å². The zero-order chi connectivity index (χ0) is 21.1. The Labute approximate surface area is 186 Å². The van der Waals surface area contributed by atoms with E-state index >= 15 is 0 Å². The predicted molar refractivity (Wildman–Crippen MR) is 124 cm³/mol. The molecule has 0 bridgehead atoms. The lowest BCUT2D eigenvalue weighted by Crippen LogP contribution is -2.37. The highest BCUT2D eigenvalue weighted by atomic mass is 79.9. The minimum Gasteiger partial charge on any atom is -0.347 e. The van der Waals surface area contributed by atoms with Gasteiger partial charge in [0.1, 0.15) is 0 Å². The quantitative estimate of drug-likeness (QED) is 0.426. The molecule has 3 aromatic rings. The Hall–Kier alpha value is -2.24. The van der Waals surface area contributed by atoms with E-state index in [9.17, 15) is 9.59 Å². The normalized spacial score (nSPS) is 15.5. The van der Waals surface area contributed by atoms with Gasteiger partial charge < -0.3 is 9.47 Å². The maximum absolute atomic E-state index is 12.7. The van der Waals surface area contributed by atoms with Gasteiger partial charge in [-0.25, -0.2) is 0 Å². The molecule has 1 saturated heterocycles. The van der Waals surface area contributed by atoms with Gasteiger partial charge in [-0.2, -0.15) is 0 Å². The molecule has 0 atom stereocenters. The third-order valence-corrected chi connectivity index (χ3v) is 6.61. The van der Waals surface area contributed by atoms with Crippen molar-refractivity contribution in [3.63, 3.8) is 0 Å². The number of rotatable bonds is 7. The fourth-order valence-electron chi connectivity index (χ4n) is 4.45. The van der Waals surface area contributed by atoms with Crippen LogP contribution in [0.2, 0.25) is 0 Å². The second kappa shape index (κ2) is 9.27. The first-order valence-corrected chi connectivity index (χ1v) is 11.4. The average Bonchev–Trinajstić information content (AvgIpc) is 3.12. The molecule has 4 nitrogen and oxygen atoms in total. The van der Waals surface area contributed by atoms with Crippen LogP contribution in [0.15, 0.2) is 59.2 Å². The van der Waals surface area contributed by atoms with Gasteiger partial charge in [0.05, 0.1) is 0 Å². The molecule has 5 heteroatoms. The Morgan fingerprint density at radius 3 is 2.47 bits per heavy atom. The summed E-state index contributed by atoms with van der Waals surface area (Å²) < 4.78 is 3.22. The average molecular weight is 467 g/mol. The zero-order valence-electron chi connectivity index (χ0n) is 17.3. The molecule has 0 spiro atoms. The molecule has 1 aromatic heterocycles. The van der Waals surface area contributed by atoms with Crippen LogP contribution in [0.3, 0.4) is 0 Å². The summed E-state index contributed by atoms with van der Waals surface area (Å²) in [6, 6.07) is 15.7. The Bertz CT molecular complexity index is 1050. The van der Waals surface area contributed by atoms with E-state index < -0.39 is 0 Å². The second-order valence-electron chi connectivity index (χ2n) is 8.15. The third-order valence-electron chi connectivity index (χ3n) is 6.11. The van der Waals surface area contributed by atoms with E-state index in [1.54, 1.807) is 6.92 Å². The number of fused-ring (bicyclic) bond motifs is 1. The number of hydrogen-bond donors (Lipinski definition) is 0. The van der Waals surface area contributed by atoms with Crippen LogP contribution in [-0.4, -0.2) is 40.7 Å². The summed E-state index contributed by atoms with van der Waals surface area (Å²) in [6.45, 7) is 5.46. The van der Waals surface area contributed by atoms with Gasteiger partial charge in [-0.15, -0.1) is 0 Å². The molecule has 1 fully saturated rings. The minimum absolute atomic E-state index is 0.103. The number of piperidine rings is 1. The molecule has 1 aliphatic heterocycles. The number of ketones is 2. The number of carbonyl (C=O) groups is 2. The number of benzene rings is 2. The van der Waals surface area contributed by atoms with Gasteiger partial charge in [0.25, 0.3) is 0 Å². The summed E-state index contributed by atoms with van der Waals surface area (Å²) in [5.74, 6) is 0.537. The SMILES string of the molecule is CC(=O)c1cn(CCCN2CCC(C(=O)c3ccccc3)CC2)c2cc(Br)ccc12. The Kier molecular flexibility index (Phi) is 6.49. The number of hydrogen-bond acceptors (Lipinski definition) is 3. The molecule has 0 saturated carbocycles. The van der Waals surface area contributed by atoms with Gasteiger partial charge in [0, 0.05) is 45.2 Å². The number of halogens is 1. The molecule has 30 heavy (non-hydrogen) atoms. The van der Waals surface area contributed by atoms with E-state index in [1.807, 2.05) is 48.7 Å². The molecule has 4 rings (SSSR count). The van der Waals surface area contributed by atoms with Gasteiger partial charge in [-0.3, -0.25) is 9.59 Å². The van der Waals surface area contributed by atoms with Gasteiger partial charge in [-0.05, 0) is 58.0 Å². The van der Waals surface area contributed by atoms with Crippen LogP contribution >= 0.6 is 15.9 Å². The highest BCUT2D eigenvalue weighted by molar-refractivity contribution is 9.10. The molecule has 156 valence electrons. The molecule has 2 heterocycles. The molecular formula is C25H27BrN2O2. The monoisotopic (exact) mass is 466 g/mol. The van der Waals surface area contributed by atoms with E-state index in [4.69, 9.17) is 0 Å². The maximum atomic E-state index is 12.7. The summed E-state index contributed by atoms with van der Waals surface area (Å²) in [5, 5.41) is 1.02. The van der Waals surface area contributed by atoms with Crippen molar-refractivity contribution >= 4 is 38.4 Å². The highest BCUT2D eigenvalue weighted by Crippen LogP contribution is 2.26. The summed E-state index contributed by atoms with van der Waals surface area (Å²) in [4.78, 5) is 27.1. The van der Waals surface area contributed by atoms with Crippen molar-refractivity contribution in [1.29, 1.82) is 0 Å². The Morgan fingerprint density at radius 2 is 1.77 bits per heavy atom. The lowest BCUT2D eigenvalue weighted by Gasteiger charge is -2.31. The van der Waals surface area contributed by atoms with Gasteiger partial charge in [0.15, 0.2) is 11.6 Å². The van der Waals surface area contributed by atoms with Crippen molar-refractivity contribution < 1.29 is 9.59 Å². The van der Waals surface area contributed by atoms with Gasteiger partial charge in [0.2, 0.25) is 0 Å². The lowest BCUT2D eigenvalue weighted by atomic mass is 9.89. The van der Waals surface area contributed by atoms with Crippen molar-refractivity contribution in [2.75, 3.05) is 19.6 Å². The number of Topliss-reactive ketones (excluding diaryl/α,β-unsaturated/α-hetero) is 2. The third kappa shape index (κ3) is 4.57. The molecule has 0 N–H and O–H groups in total. The summed E-state index contributed by atoms with van der Waals surface area (Å²) >= 11 is 3.54. The van der Waals surface area contributed by atoms with E-state index in [0.29, 0.717) is 0 Å². The fourth-order valence-corrected chi connectivity index (χ4v) is 4.80. The highest BCUT2D eigenvalue weighted by Gasteiger charge is 2.25. The second-order valence-corrected chi connectivity index (χ2v) is 9.07. The minimum atomic E-state index is 0.103. The smallest absolute Gasteiger partial charge is 0.166 e. The van der Waals surface area contributed by atoms with Crippen molar-refractivity contribution in [1.82, 2.24) is 9.47 Å². The van der Waals surface area contributed by atoms with Crippen LogP contribution in [0.5, 0.6) is 0 Å². The zero-order valence-corrected chi connectivity index (χ0v) is 18.9. The largest absolute Gasteiger partial charge is 0.347 e. The van der Waals surface area contributed by atoms with Crippen LogP contribution in [0.4, 0.5) is 0 Å². The molecular weight excluding hydrogens is 440 g/mol. The molecule has 0 amide bonds. The molecule has 2 aromatic carbocycles. The van der Waals surface area contributed by atoms with E-state index in [1.165, 1.54) is 0 Å². The van der Waals surface area contributed by atoms with Crippen LogP contribution < -0.4 is 0 Å². The van der Waals surface area contributed by atoms with Crippen molar-refractivity contribution in [2.24, 2.45) is 5.92 Å². The number of nitrogens with zero attached hydrogens (tertiary/aromatic N) is 2. The lowest BCUT2D eigenvalue weighted by molar-refractivity contribution is 0.0838. The first-order chi connectivity index (χ1) is 14.5. The first-order valence-electron chi connectivity index (χ1n) is 10.6. The fraction of sp³-hybridized carbons (Fsp3) is 0.360. The molecule has 0 unspecified atom stereocenters. The number of aryl methyl sites for hydroxylation is 1. The van der Waals surface area contributed by atoms with Crippen molar-refractivity contribution in [3.8, 4) is 0 Å². The van der Waals surface area contributed by atoms with Crippen molar-refractivity contribution in [2.45, 2.75) is 32.7 Å². The molecule has 0 radical (unpaired) electrons. The van der Waals surface area contributed by atoms with Crippen LogP contribution in [0.1, 0.15) is 46.9 Å². The first kappa shape index (κ1) is 21.0. The van der Waals surface area contributed by atoms with Crippen molar-refractivity contribution in [3.05, 3.63) is 70.3 Å². The Morgan fingerprint density at radius 1 is 1.03 bits per heavy atom. The van der Waals surface area contributed by atoms with Crippen LogP contribution in [-0.2, 0) is 6.54 Å². The van der Waals surface area contributed by atoms with Gasteiger partial charge >= 0.3 is 0 Å². The summed E-state index contributed by atoms with van der Waals surface area (Å²) in [6.07, 6.45) is 4.87. The molecule has 0 aliphatic carbocycles. The van der Waals surface area contributed by atoms with E-state index in [-0.39, 0.29) is 17.5 Å². The predicted octanol–water partition coefficient (Wildman–Crippen LogP) is 5.59. The van der Waals surface area contributed by atoms with Crippen LogP contribution in [0, 0.1) is 5.92 Å². The van der Waals surface area contributed by atoms with Gasteiger partial charge in [-0.1, -0.05) is 52.3 Å². The topological polar surface area (TPSA) is 42.3 Å². The number of aromatic nitrogens is 1. The number of carbonyl (C=O) groups excluding carboxylic acids is 2. The maximum Gasteiger partial charge on any atom is 0.166 e. The Balaban J connectivity index is 1.32. The van der Waals surface area contributed by atoms with E-state index in [0.717, 1.165) is 71.9 Å². The number of likely N-dealkylation sites (tertiary alicyclic amines) is 1. The standard InChI is InChI=1S/C25H27BrN2O2/c1-18(29)23-17-28(24-16-21(26)8-9-22(23)24)13-5-12-27-14-10-20(11-15-27)25(30)19-6-3-2-4-7-19/h2-4,6-9,16-17,20H,5,10-15H2,1H3.